The van der Waals surface area contributed by atoms with Gasteiger partial charge in [-0.05, 0) is 19.1 Å². The Morgan fingerprint density at radius 2 is 2.15 bits per heavy atom. The van der Waals surface area contributed by atoms with Crippen molar-refractivity contribution in [1.82, 2.24) is 0 Å². The first-order valence-electron chi connectivity index (χ1n) is 3.91. The number of nitrogens with two attached hydrogens (primary N) is 1. The van der Waals surface area contributed by atoms with E-state index in [4.69, 9.17) is 5.73 Å². The molecule has 0 fully saturated rings. The lowest BCUT2D eigenvalue weighted by atomic mass is 10.0. The molecule has 72 valence electrons. The molecule has 1 rings (SSSR count). The van der Waals surface area contributed by atoms with Gasteiger partial charge in [-0.3, -0.25) is 0 Å². The van der Waals surface area contributed by atoms with Crippen molar-refractivity contribution in [3.8, 4) is 0 Å². The van der Waals surface area contributed by atoms with Gasteiger partial charge in [0.25, 0.3) is 0 Å². The Balaban J connectivity index is 3.12. The molecule has 4 heteroatoms. The van der Waals surface area contributed by atoms with Crippen molar-refractivity contribution in [2.75, 3.05) is 0 Å². The van der Waals surface area contributed by atoms with Gasteiger partial charge in [-0.15, -0.1) is 0 Å². The average Bonchev–Trinajstić information content (AvgIpc) is 2.03. The van der Waals surface area contributed by atoms with Crippen molar-refractivity contribution >= 4 is 15.9 Å². The normalized spacial score (nSPS) is 15.5. The monoisotopic (exact) mass is 247 g/mol. The van der Waals surface area contributed by atoms with Gasteiger partial charge in [0.05, 0.1) is 12.1 Å². The van der Waals surface area contributed by atoms with Crippen LogP contribution in [-0.2, 0) is 0 Å². The minimum Gasteiger partial charge on any atom is -0.391 e. The zero-order chi connectivity index (χ0) is 10.0. The fourth-order valence-electron chi connectivity index (χ4n) is 1.07. The van der Waals surface area contributed by atoms with Crippen molar-refractivity contribution in [2.45, 2.75) is 19.1 Å². The predicted octanol–water partition coefficient (Wildman–Crippen LogP) is 1.97. The third kappa shape index (κ3) is 2.27. The molecule has 0 spiro atoms. The molecule has 0 aliphatic rings. The number of aliphatic hydroxyl groups excluding tert-OH is 1. The summed E-state index contributed by atoms with van der Waals surface area (Å²) in [7, 11) is 0. The maximum atomic E-state index is 13.2. The summed E-state index contributed by atoms with van der Waals surface area (Å²) in [6, 6.07) is 3.90. The van der Waals surface area contributed by atoms with Gasteiger partial charge in [0, 0.05) is 10.0 Å². The Hall–Kier alpha value is -0.450. The van der Waals surface area contributed by atoms with Crippen LogP contribution in [0.5, 0.6) is 0 Å². The highest BCUT2D eigenvalue weighted by molar-refractivity contribution is 9.10. The van der Waals surface area contributed by atoms with Gasteiger partial charge in [-0.1, -0.05) is 22.0 Å². The highest BCUT2D eigenvalue weighted by atomic mass is 79.9. The first-order valence-corrected chi connectivity index (χ1v) is 4.71. The van der Waals surface area contributed by atoms with E-state index in [1.54, 1.807) is 12.1 Å². The molecule has 1 aromatic rings. The molecule has 2 atom stereocenters. The molecule has 0 bridgehead atoms. The summed E-state index contributed by atoms with van der Waals surface area (Å²) in [6.45, 7) is 1.53. The molecule has 2 nitrogen and oxygen atoms in total. The number of hydrogen-bond donors (Lipinski definition) is 2. The van der Waals surface area contributed by atoms with Crippen LogP contribution in [0.3, 0.4) is 0 Å². The van der Waals surface area contributed by atoms with Crippen LogP contribution in [-0.4, -0.2) is 11.2 Å². The molecule has 0 aliphatic heterocycles. The van der Waals surface area contributed by atoms with Crippen molar-refractivity contribution in [2.24, 2.45) is 5.73 Å². The molecule has 3 N–H and O–H groups in total. The lowest BCUT2D eigenvalue weighted by molar-refractivity contribution is 0.162. The highest BCUT2D eigenvalue weighted by Crippen LogP contribution is 2.26. The maximum Gasteiger partial charge on any atom is 0.129 e. The van der Waals surface area contributed by atoms with Crippen LogP contribution in [0.25, 0.3) is 0 Å². The van der Waals surface area contributed by atoms with Crippen molar-refractivity contribution in [1.29, 1.82) is 0 Å². The first-order chi connectivity index (χ1) is 6.04. The summed E-state index contributed by atoms with van der Waals surface area (Å²) in [4.78, 5) is 0. The molecule has 0 saturated heterocycles. The van der Waals surface area contributed by atoms with Crippen LogP contribution in [0.15, 0.2) is 22.7 Å². The van der Waals surface area contributed by atoms with Crippen LogP contribution in [0, 0.1) is 5.82 Å². The highest BCUT2D eigenvalue weighted by Gasteiger charge is 2.18. The Morgan fingerprint density at radius 1 is 1.54 bits per heavy atom. The van der Waals surface area contributed by atoms with Crippen LogP contribution in [0.1, 0.15) is 18.5 Å². The molecule has 0 amide bonds. The van der Waals surface area contributed by atoms with E-state index < -0.39 is 18.0 Å². The fourth-order valence-corrected chi connectivity index (χ4v) is 1.68. The third-order valence-electron chi connectivity index (χ3n) is 1.85. The zero-order valence-electron chi connectivity index (χ0n) is 7.17. The van der Waals surface area contributed by atoms with Gasteiger partial charge in [-0.2, -0.15) is 0 Å². The van der Waals surface area contributed by atoms with Crippen LogP contribution in [0.2, 0.25) is 0 Å². The SMILES string of the molecule is C[C@@H](O)[C@H](N)c1c(F)cccc1Br. The number of benzene rings is 1. The molecule has 13 heavy (non-hydrogen) atoms. The first kappa shape index (κ1) is 10.6. The second-order valence-corrected chi connectivity index (χ2v) is 3.76. The average molecular weight is 248 g/mol. The van der Waals surface area contributed by atoms with Crippen molar-refractivity contribution in [3.05, 3.63) is 34.1 Å². The Bertz CT molecular complexity index is 283. The van der Waals surface area contributed by atoms with E-state index in [1.165, 1.54) is 13.0 Å². The molecule has 0 heterocycles. The predicted molar refractivity (Wildman–Crippen MR) is 52.7 cm³/mol. The summed E-state index contributed by atoms with van der Waals surface area (Å²) in [5.74, 6) is -0.400. The van der Waals surface area contributed by atoms with Gasteiger partial charge in [0.1, 0.15) is 5.82 Å². The standard InChI is InChI=1S/C9H11BrFNO/c1-5(13)9(12)8-6(10)3-2-4-7(8)11/h2-5,9,13H,12H2,1H3/t5-,9+/m1/s1. The molecule has 0 unspecified atom stereocenters. The third-order valence-corrected chi connectivity index (χ3v) is 2.54. The van der Waals surface area contributed by atoms with Gasteiger partial charge in [0.2, 0.25) is 0 Å². The molecular formula is C9H11BrFNO. The largest absolute Gasteiger partial charge is 0.391 e. The minimum absolute atomic E-state index is 0.317. The summed E-state index contributed by atoms with van der Waals surface area (Å²) >= 11 is 3.18. The van der Waals surface area contributed by atoms with E-state index in [9.17, 15) is 9.50 Å². The molecule has 0 aromatic heterocycles. The molecule has 0 saturated carbocycles. The van der Waals surface area contributed by atoms with Gasteiger partial charge >= 0.3 is 0 Å². The maximum absolute atomic E-state index is 13.2. The van der Waals surface area contributed by atoms with Gasteiger partial charge in [-0.25, -0.2) is 4.39 Å². The quantitative estimate of drug-likeness (QED) is 0.840. The molecular weight excluding hydrogens is 237 g/mol. The van der Waals surface area contributed by atoms with Crippen LogP contribution < -0.4 is 5.73 Å². The van der Waals surface area contributed by atoms with Crippen LogP contribution >= 0.6 is 15.9 Å². The Kier molecular flexibility index (Phi) is 3.41. The number of halogens is 2. The lowest BCUT2D eigenvalue weighted by Crippen LogP contribution is -2.24. The molecule has 0 aliphatic carbocycles. The second kappa shape index (κ2) is 4.17. The van der Waals surface area contributed by atoms with Gasteiger partial charge in [0.15, 0.2) is 0 Å². The van der Waals surface area contributed by atoms with Gasteiger partial charge < -0.3 is 10.8 Å². The lowest BCUT2D eigenvalue weighted by Gasteiger charge is -2.17. The van der Waals surface area contributed by atoms with E-state index in [-0.39, 0.29) is 0 Å². The summed E-state index contributed by atoms with van der Waals surface area (Å²) in [6.07, 6.45) is -0.770. The number of rotatable bonds is 2. The smallest absolute Gasteiger partial charge is 0.129 e. The Labute approximate surface area is 84.7 Å². The van der Waals surface area contributed by atoms with E-state index in [0.29, 0.717) is 10.0 Å². The molecule has 0 radical (unpaired) electrons. The zero-order valence-corrected chi connectivity index (χ0v) is 8.75. The topological polar surface area (TPSA) is 46.2 Å². The summed E-state index contributed by atoms with van der Waals surface area (Å²) in [5.41, 5.74) is 5.94. The van der Waals surface area contributed by atoms with E-state index in [0.717, 1.165) is 0 Å². The van der Waals surface area contributed by atoms with Crippen molar-refractivity contribution in [3.63, 3.8) is 0 Å². The summed E-state index contributed by atoms with van der Waals surface area (Å²) < 4.78 is 13.8. The molecule has 1 aromatic carbocycles. The fraction of sp³-hybridized carbons (Fsp3) is 0.333. The van der Waals surface area contributed by atoms with E-state index in [2.05, 4.69) is 15.9 Å². The van der Waals surface area contributed by atoms with E-state index >= 15 is 0 Å². The van der Waals surface area contributed by atoms with Crippen molar-refractivity contribution < 1.29 is 9.50 Å². The number of hydrogen-bond acceptors (Lipinski definition) is 2. The van der Waals surface area contributed by atoms with Crippen LogP contribution in [0.4, 0.5) is 4.39 Å². The van der Waals surface area contributed by atoms with E-state index in [1.807, 2.05) is 0 Å². The second-order valence-electron chi connectivity index (χ2n) is 2.90. The number of aliphatic hydroxyl groups is 1. The minimum atomic E-state index is -0.770. The Morgan fingerprint density at radius 3 is 2.62 bits per heavy atom. The summed E-state index contributed by atoms with van der Waals surface area (Å²) in [5, 5.41) is 9.21.